The van der Waals surface area contributed by atoms with Crippen LogP contribution in [0.2, 0.25) is 0 Å². The number of amides is 2. The van der Waals surface area contributed by atoms with Gasteiger partial charge < -0.3 is 21.1 Å². The largest absolute Gasteiger partial charge is 0.390 e. The zero-order valence-corrected chi connectivity index (χ0v) is 29.1. The number of benzene rings is 1. The number of hydrogen-bond acceptors (Lipinski definition) is 9. The maximum atomic E-state index is 14.0. The summed E-state index contributed by atoms with van der Waals surface area (Å²) >= 11 is 1.27. The Morgan fingerprint density at radius 3 is 2.36 bits per heavy atom. The van der Waals surface area contributed by atoms with Gasteiger partial charge in [-0.3, -0.25) is 14.5 Å². The zero-order chi connectivity index (χ0) is 33.0. The summed E-state index contributed by atoms with van der Waals surface area (Å²) in [5, 5.41) is 23.2. The van der Waals surface area contributed by atoms with Crippen molar-refractivity contribution >= 4 is 38.1 Å². The maximum Gasteiger partial charge on any atom is 0.244 e. The van der Waals surface area contributed by atoms with Gasteiger partial charge in [0.1, 0.15) is 6.04 Å². The predicted octanol–water partition coefficient (Wildman–Crippen LogP) is 3.63. The Morgan fingerprint density at radius 2 is 1.76 bits per heavy atom. The Hall–Kier alpha value is -2.54. The van der Waals surface area contributed by atoms with Gasteiger partial charge in [-0.15, -0.1) is 11.3 Å². The Bertz CT molecular complexity index is 1380. The average Bonchev–Trinajstić information content (AvgIpc) is 3.47. The standard InChI is InChI=1S/C33H51N5O5S2/c1-32(2,3)37-29(40)26-19-23-14-10-11-15-24(23)20-38(26)21-27(39)25(18-22-12-8-7-9-13-22)35-30(41)28(33(4,5)45(6,42)43)36-31-34-16-17-44-31/h7-9,12-13,16-17,23-28,39H,10-11,14-15,18-21H2,1-6H3,(H,34,36)(H,35,41)(H,37,40). The van der Waals surface area contributed by atoms with E-state index in [1.807, 2.05) is 51.1 Å². The molecule has 0 radical (unpaired) electrons. The molecular formula is C33H51N5O5S2. The second kappa shape index (κ2) is 14.5. The molecule has 12 heteroatoms. The molecule has 2 aliphatic rings. The average molecular weight is 662 g/mol. The third-order valence-electron chi connectivity index (χ3n) is 9.43. The van der Waals surface area contributed by atoms with E-state index in [-0.39, 0.29) is 24.0 Å². The van der Waals surface area contributed by atoms with Crippen molar-refractivity contribution in [3.63, 3.8) is 0 Å². The number of thiazole rings is 1. The van der Waals surface area contributed by atoms with Crippen molar-refractivity contribution in [3.8, 4) is 0 Å². The molecule has 1 aliphatic carbocycles. The number of likely N-dealkylation sites (tertiary alicyclic amines) is 1. The maximum absolute atomic E-state index is 14.0. The van der Waals surface area contributed by atoms with Gasteiger partial charge in [0.05, 0.1) is 22.9 Å². The number of nitrogens with zero attached hydrogens (tertiary/aromatic N) is 2. The quantitative estimate of drug-likeness (QED) is 0.271. The number of nitrogens with one attached hydrogen (secondary N) is 3. The molecule has 1 saturated carbocycles. The topological polar surface area (TPSA) is 141 Å². The molecule has 6 unspecified atom stereocenters. The van der Waals surface area contributed by atoms with Crippen LogP contribution in [0.1, 0.15) is 72.3 Å². The highest BCUT2D eigenvalue weighted by Crippen LogP contribution is 2.39. The minimum Gasteiger partial charge on any atom is -0.390 e. The van der Waals surface area contributed by atoms with Crippen LogP contribution in [-0.2, 0) is 25.8 Å². The van der Waals surface area contributed by atoms with Gasteiger partial charge in [-0.2, -0.15) is 0 Å². The minimum atomic E-state index is -3.69. The molecular weight excluding hydrogens is 611 g/mol. The lowest BCUT2D eigenvalue weighted by Gasteiger charge is -2.47. The molecule has 2 fully saturated rings. The molecule has 2 aromatic rings. The summed E-state index contributed by atoms with van der Waals surface area (Å²) in [7, 11) is -3.69. The van der Waals surface area contributed by atoms with E-state index in [2.05, 4.69) is 25.8 Å². The van der Waals surface area contributed by atoms with Crippen molar-refractivity contribution in [1.82, 2.24) is 20.5 Å². The number of rotatable bonds is 12. The van der Waals surface area contributed by atoms with Crippen LogP contribution in [0.3, 0.4) is 0 Å². The van der Waals surface area contributed by atoms with E-state index < -0.39 is 38.7 Å². The van der Waals surface area contributed by atoms with Crippen molar-refractivity contribution < 1.29 is 23.1 Å². The lowest BCUT2D eigenvalue weighted by atomic mass is 9.72. The predicted molar refractivity (Wildman–Crippen MR) is 180 cm³/mol. The Morgan fingerprint density at radius 1 is 1.09 bits per heavy atom. The summed E-state index contributed by atoms with van der Waals surface area (Å²) in [6, 6.07) is 7.29. The molecule has 1 aromatic heterocycles. The highest BCUT2D eigenvalue weighted by molar-refractivity contribution is 7.92. The van der Waals surface area contributed by atoms with E-state index in [1.165, 1.54) is 38.0 Å². The second-order valence-corrected chi connectivity index (χ2v) is 17.9. The third-order valence-corrected chi connectivity index (χ3v) is 12.3. The number of anilines is 1. The van der Waals surface area contributed by atoms with Crippen LogP contribution in [0.25, 0.3) is 0 Å². The molecule has 0 bridgehead atoms. The Balaban J connectivity index is 1.61. The molecule has 45 heavy (non-hydrogen) atoms. The second-order valence-electron chi connectivity index (χ2n) is 14.4. The Kier molecular flexibility index (Phi) is 11.4. The number of fused-ring (bicyclic) bond motifs is 1. The molecule has 2 amide bonds. The number of aromatic nitrogens is 1. The molecule has 1 aromatic carbocycles. The number of carbonyl (C=O) groups excluding carboxylic acids is 2. The molecule has 1 saturated heterocycles. The first-order chi connectivity index (χ1) is 21.0. The van der Waals surface area contributed by atoms with Gasteiger partial charge in [0, 0.05) is 36.5 Å². The molecule has 1 aliphatic heterocycles. The van der Waals surface area contributed by atoms with Gasteiger partial charge in [0.15, 0.2) is 15.0 Å². The van der Waals surface area contributed by atoms with Crippen molar-refractivity contribution in [2.45, 2.75) is 108 Å². The molecule has 4 rings (SSSR count). The number of piperidine rings is 1. The Labute approximate surface area is 272 Å². The van der Waals surface area contributed by atoms with E-state index in [9.17, 15) is 23.1 Å². The van der Waals surface area contributed by atoms with Crippen LogP contribution in [0.5, 0.6) is 0 Å². The van der Waals surface area contributed by atoms with Crippen LogP contribution in [0.4, 0.5) is 5.13 Å². The smallest absolute Gasteiger partial charge is 0.244 e. The van der Waals surface area contributed by atoms with Gasteiger partial charge in [0.25, 0.3) is 0 Å². The lowest BCUT2D eigenvalue weighted by molar-refractivity contribution is -0.133. The van der Waals surface area contributed by atoms with Gasteiger partial charge in [0.2, 0.25) is 11.8 Å². The summed E-state index contributed by atoms with van der Waals surface area (Å²) in [5.74, 6) is 0.367. The minimum absolute atomic E-state index is 0.0371. The van der Waals surface area contributed by atoms with Crippen molar-refractivity contribution in [3.05, 3.63) is 47.5 Å². The van der Waals surface area contributed by atoms with Crippen molar-refractivity contribution in [1.29, 1.82) is 0 Å². The number of carbonyl (C=O) groups is 2. The summed E-state index contributed by atoms with van der Waals surface area (Å²) in [4.78, 5) is 33.9. The van der Waals surface area contributed by atoms with E-state index in [4.69, 9.17) is 0 Å². The van der Waals surface area contributed by atoms with Gasteiger partial charge in [-0.05, 0) is 71.3 Å². The third kappa shape index (κ3) is 9.27. The van der Waals surface area contributed by atoms with Crippen LogP contribution in [0, 0.1) is 11.8 Å². The van der Waals surface area contributed by atoms with E-state index in [1.54, 1.807) is 11.6 Å². The first kappa shape index (κ1) is 35.3. The monoisotopic (exact) mass is 661 g/mol. The van der Waals surface area contributed by atoms with Crippen molar-refractivity contribution in [2.75, 3.05) is 24.7 Å². The summed E-state index contributed by atoms with van der Waals surface area (Å²) < 4.78 is 24.3. The first-order valence-corrected chi connectivity index (χ1v) is 18.8. The molecule has 2 heterocycles. The van der Waals surface area contributed by atoms with Gasteiger partial charge in [-0.1, -0.05) is 49.6 Å². The van der Waals surface area contributed by atoms with Crippen LogP contribution < -0.4 is 16.0 Å². The van der Waals surface area contributed by atoms with E-state index in [0.717, 1.165) is 31.1 Å². The number of aliphatic hydroxyl groups is 1. The van der Waals surface area contributed by atoms with E-state index in [0.29, 0.717) is 29.9 Å². The molecule has 10 nitrogen and oxygen atoms in total. The molecule has 250 valence electrons. The molecule has 0 spiro atoms. The highest BCUT2D eigenvalue weighted by Gasteiger charge is 2.46. The molecule has 4 N–H and O–H groups in total. The van der Waals surface area contributed by atoms with Crippen molar-refractivity contribution in [2.24, 2.45) is 11.8 Å². The molecule has 6 atom stereocenters. The number of aliphatic hydroxyl groups excluding tert-OH is 1. The van der Waals surface area contributed by atoms with Crippen LogP contribution in [-0.4, -0.2) is 89.1 Å². The van der Waals surface area contributed by atoms with Crippen LogP contribution >= 0.6 is 11.3 Å². The summed E-state index contributed by atoms with van der Waals surface area (Å²) in [6.45, 7) is 9.85. The van der Waals surface area contributed by atoms with Gasteiger partial charge in [-0.25, -0.2) is 13.4 Å². The normalized spacial score (nSPS) is 23.3. The first-order valence-electron chi connectivity index (χ1n) is 16.0. The van der Waals surface area contributed by atoms with Crippen LogP contribution in [0.15, 0.2) is 41.9 Å². The number of sulfone groups is 1. The summed E-state index contributed by atoms with van der Waals surface area (Å²) in [6.07, 6.45) is 7.34. The fourth-order valence-electron chi connectivity index (χ4n) is 6.60. The fourth-order valence-corrected chi connectivity index (χ4v) is 7.75. The summed E-state index contributed by atoms with van der Waals surface area (Å²) in [5.41, 5.74) is 0.530. The number of β-amino-alcohol motifs (C(OH)–C–C–N with tert-alkyl or cyclic N) is 1. The highest BCUT2D eigenvalue weighted by atomic mass is 32.2. The SMILES string of the molecule is CC(C)(C)NC(=O)C1CC2CCCCC2CN1CC(O)C(Cc1ccccc1)NC(=O)C(Nc1nccs1)C(C)(C)S(C)(=O)=O. The number of hydrogen-bond donors (Lipinski definition) is 4. The van der Waals surface area contributed by atoms with Gasteiger partial charge >= 0.3 is 0 Å². The fraction of sp³-hybridized carbons (Fsp3) is 0.667. The van der Waals surface area contributed by atoms with E-state index >= 15 is 0 Å². The lowest BCUT2D eigenvalue weighted by Crippen LogP contribution is -2.62. The zero-order valence-electron chi connectivity index (χ0n) is 27.5.